The molecule has 0 saturated heterocycles. The SMILES string of the molecule is COc1cccc(-c2ccc(S(=O)(=O)Nc3cccc(C)c3)cc2)c1OC. The number of sulfonamides is 1. The number of hydrogen-bond donors (Lipinski definition) is 1. The van der Waals surface area contributed by atoms with Crippen molar-refractivity contribution in [3.05, 3.63) is 72.3 Å². The van der Waals surface area contributed by atoms with Crippen molar-refractivity contribution in [2.45, 2.75) is 11.8 Å². The Morgan fingerprint density at radius 2 is 1.56 bits per heavy atom. The van der Waals surface area contributed by atoms with Gasteiger partial charge in [-0.15, -0.1) is 0 Å². The predicted octanol–water partition coefficient (Wildman–Crippen LogP) is 4.48. The molecular weight excluding hydrogens is 362 g/mol. The van der Waals surface area contributed by atoms with E-state index in [4.69, 9.17) is 9.47 Å². The molecule has 0 unspecified atom stereocenters. The summed E-state index contributed by atoms with van der Waals surface area (Å²) >= 11 is 0. The molecule has 0 bridgehead atoms. The van der Waals surface area contributed by atoms with E-state index >= 15 is 0 Å². The van der Waals surface area contributed by atoms with E-state index in [9.17, 15) is 8.42 Å². The highest BCUT2D eigenvalue weighted by molar-refractivity contribution is 7.92. The Morgan fingerprint density at radius 1 is 0.852 bits per heavy atom. The highest BCUT2D eigenvalue weighted by Crippen LogP contribution is 2.38. The number of hydrogen-bond acceptors (Lipinski definition) is 4. The number of anilines is 1. The van der Waals surface area contributed by atoms with E-state index in [1.807, 2.05) is 37.3 Å². The summed E-state index contributed by atoms with van der Waals surface area (Å²) < 4.78 is 38.6. The zero-order valence-corrected chi connectivity index (χ0v) is 16.2. The van der Waals surface area contributed by atoms with Gasteiger partial charge in [0.1, 0.15) is 0 Å². The quantitative estimate of drug-likeness (QED) is 0.682. The third kappa shape index (κ3) is 4.06. The third-order valence-electron chi connectivity index (χ3n) is 4.15. The van der Waals surface area contributed by atoms with Crippen LogP contribution in [0.15, 0.2) is 71.6 Å². The second-order valence-electron chi connectivity index (χ2n) is 6.04. The molecule has 0 aliphatic heterocycles. The first-order valence-corrected chi connectivity index (χ1v) is 9.84. The molecule has 3 rings (SSSR count). The van der Waals surface area contributed by atoms with E-state index in [0.717, 1.165) is 16.7 Å². The fourth-order valence-corrected chi connectivity index (χ4v) is 3.90. The average molecular weight is 383 g/mol. The molecule has 0 aliphatic carbocycles. The number of nitrogens with one attached hydrogen (secondary N) is 1. The molecule has 27 heavy (non-hydrogen) atoms. The number of rotatable bonds is 6. The molecule has 0 aromatic heterocycles. The lowest BCUT2D eigenvalue weighted by Gasteiger charge is -2.13. The van der Waals surface area contributed by atoms with Gasteiger partial charge in [-0.3, -0.25) is 4.72 Å². The smallest absolute Gasteiger partial charge is 0.261 e. The zero-order valence-electron chi connectivity index (χ0n) is 15.4. The minimum atomic E-state index is -3.66. The van der Waals surface area contributed by atoms with Crippen LogP contribution in [0.3, 0.4) is 0 Å². The molecule has 140 valence electrons. The monoisotopic (exact) mass is 383 g/mol. The molecule has 0 amide bonds. The Balaban J connectivity index is 1.91. The lowest BCUT2D eigenvalue weighted by Crippen LogP contribution is -2.12. The number of ether oxygens (including phenoxy) is 2. The molecule has 0 fully saturated rings. The van der Waals surface area contributed by atoms with E-state index in [1.54, 1.807) is 50.6 Å². The van der Waals surface area contributed by atoms with Crippen LogP contribution in [0.5, 0.6) is 11.5 Å². The standard InChI is InChI=1S/C21H21NO4S/c1-15-6-4-7-17(14-15)22-27(23,24)18-12-10-16(11-13-18)19-8-5-9-20(25-2)21(19)26-3/h4-14,22H,1-3H3. The van der Waals surface area contributed by atoms with Crippen LogP contribution in [0.1, 0.15) is 5.56 Å². The Kier molecular flexibility index (Phi) is 5.37. The highest BCUT2D eigenvalue weighted by Gasteiger charge is 2.16. The van der Waals surface area contributed by atoms with Crippen molar-refractivity contribution in [1.82, 2.24) is 0 Å². The maximum absolute atomic E-state index is 12.6. The first-order valence-electron chi connectivity index (χ1n) is 8.35. The Morgan fingerprint density at radius 3 is 2.19 bits per heavy atom. The van der Waals surface area contributed by atoms with Crippen LogP contribution in [0.25, 0.3) is 11.1 Å². The van der Waals surface area contributed by atoms with Crippen molar-refractivity contribution in [1.29, 1.82) is 0 Å². The van der Waals surface area contributed by atoms with E-state index in [-0.39, 0.29) is 4.90 Å². The summed E-state index contributed by atoms with van der Waals surface area (Å²) in [7, 11) is -0.510. The minimum Gasteiger partial charge on any atom is -0.493 e. The van der Waals surface area contributed by atoms with Crippen LogP contribution in [0.2, 0.25) is 0 Å². The minimum absolute atomic E-state index is 0.189. The molecule has 5 nitrogen and oxygen atoms in total. The molecule has 6 heteroatoms. The fourth-order valence-electron chi connectivity index (χ4n) is 2.85. The molecule has 0 radical (unpaired) electrons. The summed E-state index contributed by atoms with van der Waals surface area (Å²) in [4.78, 5) is 0.189. The summed E-state index contributed by atoms with van der Waals surface area (Å²) in [5, 5.41) is 0. The first kappa shape index (κ1) is 18.8. The maximum atomic E-state index is 12.6. The number of benzene rings is 3. The van der Waals surface area contributed by atoms with Gasteiger partial charge in [0.25, 0.3) is 10.0 Å². The van der Waals surface area contributed by atoms with Crippen LogP contribution in [-0.4, -0.2) is 22.6 Å². The first-order chi connectivity index (χ1) is 12.9. The molecule has 0 spiro atoms. The van der Waals surface area contributed by atoms with Crippen LogP contribution >= 0.6 is 0 Å². The van der Waals surface area contributed by atoms with Crippen LogP contribution in [-0.2, 0) is 10.0 Å². The van der Waals surface area contributed by atoms with Gasteiger partial charge in [-0.25, -0.2) is 8.42 Å². The summed E-state index contributed by atoms with van der Waals surface area (Å²) in [5.41, 5.74) is 3.18. The Hall–Kier alpha value is -2.99. The Bertz CT molecular complexity index is 1040. The summed E-state index contributed by atoms with van der Waals surface area (Å²) in [5.74, 6) is 1.22. The molecule has 0 aliphatic rings. The second-order valence-corrected chi connectivity index (χ2v) is 7.72. The predicted molar refractivity (Wildman–Crippen MR) is 107 cm³/mol. The second kappa shape index (κ2) is 7.72. The van der Waals surface area contributed by atoms with Gasteiger partial charge < -0.3 is 9.47 Å². The van der Waals surface area contributed by atoms with Gasteiger partial charge in [0, 0.05) is 11.3 Å². The van der Waals surface area contributed by atoms with Crippen LogP contribution in [0, 0.1) is 6.92 Å². The number of para-hydroxylation sites is 1. The van der Waals surface area contributed by atoms with Crippen LogP contribution in [0.4, 0.5) is 5.69 Å². The maximum Gasteiger partial charge on any atom is 0.261 e. The molecule has 3 aromatic rings. The van der Waals surface area contributed by atoms with Crippen LogP contribution < -0.4 is 14.2 Å². The van der Waals surface area contributed by atoms with Crippen molar-refractivity contribution in [3.8, 4) is 22.6 Å². The van der Waals surface area contributed by atoms with Crippen molar-refractivity contribution < 1.29 is 17.9 Å². The number of aryl methyl sites for hydroxylation is 1. The van der Waals surface area contributed by atoms with Gasteiger partial charge in [0.2, 0.25) is 0 Å². The molecule has 3 aromatic carbocycles. The zero-order chi connectivity index (χ0) is 19.4. The van der Waals surface area contributed by atoms with Crippen molar-refractivity contribution in [2.75, 3.05) is 18.9 Å². The van der Waals surface area contributed by atoms with E-state index in [0.29, 0.717) is 17.2 Å². The summed E-state index contributed by atoms with van der Waals surface area (Å²) in [6.07, 6.45) is 0. The average Bonchev–Trinajstić information content (AvgIpc) is 2.67. The highest BCUT2D eigenvalue weighted by atomic mass is 32.2. The van der Waals surface area contributed by atoms with Gasteiger partial charge >= 0.3 is 0 Å². The fraction of sp³-hybridized carbons (Fsp3) is 0.143. The molecule has 0 saturated carbocycles. The van der Waals surface area contributed by atoms with E-state index < -0.39 is 10.0 Å². The summed E-state index contributed by atoms with van der Waals surface area (Å²) in [6.45, 7) is 1.91. The lowest BCUT2D eigenvalue weighted by molar-refractivity contribution is 0.356. The third-order valence-corrected chi connectivity index (χ3v) is 5.55. The molecule has 0 atom stereocenters. The van der Waals surface area contributed by atoms with Gasteiger partial charge in [-0.2, -0.15) is 0 Å². The topological polar surface area (TPSA) is 64.6 Å². The summed E-state index contributed by atoms with van der Waals surface area (Å²) in [6, 6.07) is 19.5. The normalized spacial score (nSPS) is 11.1. The molecular formula is C21H21NO4S. The van der Waals surface area contributed by atoms with Gasteiger partial charge in [-0.05, 0) is 48.4 Å². The van der Waals surface area contributed by atoms with E-state index in [2.05, 4.69) is 4.72 Å². The van der Waals surface area contributed by atoms with Gasteiger partial charge in [0.05, 0.1) is 19.1 Å². The van der Waals surface area contributed by atoms with Crippen molar-refractivity contribution in [2.24, 2.45) is 0 Å². The molecule has 0 heterocycles. The largest absolute Gasteiger partial charge is 0.493 e. The Labute approximate surface area is 159 Å². The molecule has 1 N–H and O–H groups in total. The van der Waals surface area contributed by atoms with E-state index in [1.165, 1.54) is 0 Å². The lowest BCUT2D eigenvalue weighted by atomic mass is 10.0. The van der Waals surface area contributed by atoms with Crippen molar-refractivity contribution in [3.63, 3.8) is 0 Å². The van der Waals surface area contributed by atoms with Crippen molar-refractivity contribution >= 4 is 15.7 Å². The van der Waals surface area contributed by atoms with Gasteiger partial charge in [0.15, 0.2) is 11.5 Å². The number of methoxy groups -OCH3 is 2. The van der Waals surface area contributed by atoms with Gasteiger partial charge in [-0.1, -0.05) is 36.4 Å².